The Kier molecular flexibility index (Phi) is 5.74. The first-order valence-electron chi connectivity index (χ1n) is 9.78. The zero-order chi connectivity index (χ0) is 20.1. The summed E-state index contributed by atoms with van der Waals surface area (Å²) in [7, 11) is 0. The number of rotatable bonds is 7. The summed E-state index contributed by atoms with van der Waals surface area (Å²) in [6.07, 6.45) is 1.42. The summed E-state index contributed by atoms with van der Waals surface area (Å²) in [5, 5.41) is 6.88. The third-order valence-corrected chi connectivity index (χ3v) is 4.75. The van der Waals surface area contributed by atoms with Crippen molar-refractivity contribution in [2.24, 2.45) is 0 Å². The summed E-state index contributed by atoms with van der Waals surface area (Å²) in [4.78, 5) is 16.5. The van der Waals surface area contributed by atoms with E-state index in [1.54, 1.807) is 0 Å². The van der Waals surface area contributed by atoms with E-state index in [1.807, 2.05) is 48.5 Å². The second kappa shape index (κ2) is 8.77. The van der Waals surface area contributed by atoms with Crippen molar-refractivity contribution in [1.82, 2.24) is 15.5 Å². The lowest BCUT2D eigenvalue weighted by Gasteiger charge is -2.26. The highest BCUT2D eigenvalue weighted by molar-refractivity contribution is 5.76. The van der Waals surface area contributed by atoms with Gasteiger partial charge in [-0.05, 0) is 24.1 Å². The van der Waals surface area contributed by atoms with Gasteiger partial charge in [-0.3, -0.25) is 4.79 Å². The van der Waals surface area contributed by atoms with Crippen LogP contribution in [0.4, 0.5) is 0 Å². The number of benzene rings is 2. The predicted molar refractivity (Wildman–Crippen MR) is 107 cm³/mol. The van der Waals surface area contributed by atoms with Crippen LogP contribution in [0.15, 0.2) is 53.1 Å². The Balaban J connectivity index is 1.23. The van der Waals surface area contributed by atoms with E-state index in [2.05, 4.69) is 22.4 Å². The summed E-state index contributed by atoms with van der Waals surface area (Å²) in [6, 6.07) is 15.6. The molecule has 1 aromatic heterocycles. The number of fused-ring (bicyclic) bond motifs is 1. The fourth-order valence-corrected chi connectivity index (χ4v) is 3.06. The molecule has 1 amide bonds. The van der Waals surface area contributed by atoms with Crippen LogP contribution in [0.5, 0.6) is 11.5 Å². The molecule has 29 heavy (non-hydrogen) atoms. The highest BCUT2D eigenvalue weighted by Crippen LogP contribution is 2.30. The maximum absolute atomic E-state index is 12.2. The number of nitrogens with zero attached hydrogens (tertiary/aromatic N) is 2. The number of aromatic nitrogens is 2. The van der Waals surface area contributed by atoms with Gasteiger partial charge in [-0.1, -0.05) is 48.5 Å². The van der Waals surface area contributed by atoms with Gasteiger partial charge in [0, 0.05) is 18.4 Å². The van der Waals surface area contributed by atoms with Gasteiger partial charge in [0.25, 0.3) is 0 Å². The third-order valence-electron chi connectivity index (χ3n) is 4.75. The molecule has 3 aromatic rings. The number of hydrogen-bond donors (Lipinski definition) is 1. The molecule has 0 spiro atoms. The van der Waals surface area contributed by atoms with Gasteiger partial charge in [0.15, 0.2) is 11.5 Å². The third kappa shape index (κ3) is 4.74. The lowest BCUT2D eigenvalue weighted by Crippen LogP contribution is -2.40. The Bertz CT molecular complexity index is 968. The molecule has 150 valence electrons. The topological polar surface area (TPSA) is 86.5 Å². The zero-order valence-electron chi connectivity index (χ0n) is 16.3. The van der Waals surface area contributed by atoms with Crippen LogP contribution >= 0.6 is 0 Å². The first-order chi connectivity index (χ1) is 14.2. The van der Waals surface area contributed by atoms with E-state index < -0.39 is 0 Å². The summed E-state index contributed by atoms with van der Waals surface area (Å²) < 4.78 is 16.8. The molecule has 0 radical (unpaired) electrons. The lowest BCUT2D eigenvalue weighted by molar-refractivity contribution is -0.121. The van der Waals surface area contributed by atoms with Crippen LogP contribution in [0, 0.1) is 0 Å². The van der Waals surface area contributed by atoms with Crippen LogP contribution in [-0.4, -0.2) is 35.3 Å². The Morgan fingerprint density at radius 1 is 1.14 bits per heavy atom. The monoisotopic (exact) mass is 393 g/mol. The van der Waals surface area contributed by atoms with E-state index >= 15 is 0 Å². The van der Waals surface area contributed by atoms with Crippen molar-refractivity contribution in [2.75, 3.05) is 13.2 Å². The van der Waals surface area contributed by atoms with Gasteiger partial charge >= 0.3 is 0 Å². The minimum atomic E-state index is -0.213. The summed E-state index contributed by atoms with van der Waals surface area (Å²) >= 11 is 0. The fraction of sp³-hybridized carbons (Fsp3) is 0.318. The molecule has 7 heteroatoms. The highest BCUT2D eigenvalue weighted by atomic mass is 16.6. The second-order valence-corrected chi connectivity index (χ2v) is 6.86. The molecule has 0 fully saturated rings. The molecule has 0 aliphatic carbocycles. The molecular weight excluding hydrogens is 370 g/mol. The summed E-state index contributed by atoms with van der Waals surface area (Å²) in [5.74, 6) is 2.31. The average Bonchev–Trinajstić information content (AvgIpc) is 3.25. The maximum Gasteiger partial charge on any atom is 0.227 e. The van der Waals surface area contributed by atoms with E-state index in [0.29, 0.717) is 37.0 Å². The van der Waals surface area contributed by atoms with Gasteiger partial charge in [-0.25, -0.2) is 0 Å². The second-order valence-electron chi connectivity index (χ2n) is 6.86. The van der Waals surface area contributed by atoms with Crippen LogP contribution in [-0.2, 0) is 17.6 Å². The minimum Gasteiger partial charge on any atom is -0.486 e. The first-order valence-corrected chi connectivity index (χ1v) is 9.78. The van der Waals surface area contributed by atoms with Crippen LogP contribution in [0.25, 0.3) is 11.4 Å². The Labute approximate surface area is 169 Å². The SMILES string of the molecule is CCc1ccc(-c2noc(CCC(=O)NC[C@@H]3COc4ccccc4O3)n2)cc1. The largest absolute Gasteiger partial charge is 0.486 e. The lowest BCUT2D eigenvalue weighted by atomic mass is 10.1. The van der Waals surface area contributed by atoms with Gasteiger partial charge in [-0.15, -0.1) is 0 Å². The summed E-state index contributed by atoms with van der Waals surface area (Å²) in [6.45, 7) is 2.89. The maximum atomic E-state index is 12.2. The normalized spacial score (nSPS) is 15.1. The van der Waals surface area contributed by atoms with E-state index in [0.717, 1.165) is 17.7 Å². The van der Waals surface area contributed by atoms with Gasteiger partial charge in [-0.2, -0.15) is 4.98 Å². The molecule has 1 aliphatic heterocycles. The van der Waals surface area contributed by atoms with Crippen molar-refractivity contribution in [2.45, 2.75) is 32.3 Å². The standard InChI is InChI=1S/C22H23N3O4/c1-2-15-7-9-16(10-8-15)22-24-21(29-25-22)12-11-20(26)23-13-17-14-27-18-5-3-4-6-19(18)28-17/h3-10,17H,2,11-14H2,1H3,(H,23,26)/t17-/m1/s1. The number of ether oxygens (including phenoxy) is 2. The molecule has 1 aliphatic rings. The minimum absolute atomic E-state index is 0.0977. The van der Waals surface area contributed by atoms with Crippen molar-refractivity contribution in [3.05, 3.63) is 60.0 Å². The van der Waals surface area contributed by atoms with Crippen LogP contribution in [0.2, 0.25) is 0 Å². The average molecular weight is 393 g/mol. The quantitative estimate of drug-likeness (QED) is 0.663. The molecule has 0 saturated heterocycles. The molecular formula is C22H23N3O4. The summed E-state index contributed by atoms with van der Waals surface area (Å²) in [5.41, 5.74) is 2.15. The number of hydrogen-bond acceptors (Lipinski definition) is 6. The number of nitrogens with one attached hydrogen (secondary N) is 1. The molecule has 1 N–H and O–H groups in total. The van der Waals surface area contributed by atoms with Crippen molar-refractivity contribution in [3.8, 4) is 22.9 Å². The van der Waals surface area contributed by atoms with Crippen LogP contribution in [0.3, 0.4) is 0 Å². The van der Waals surface area contributed by atoms with E-state index in [1.165, 1.54) is 5.56 Å². The molecule has 1 atom stereocenters. The van der Waals surface area contributed by atoms with Crippen LogP contribution < -0.4 is 14.8 Å². The molecule has 2 heterocycles. The molecule has 2 aromatic carbocycles. The highest BCUT2D eigenvalue weighted by Gasteiger charge is 2.21. The number of amides is 1. The van der Waals surface area contributed by atoms with Crippen molar-refractivity contribution >= 4 is 5.91 Å². The number of carbonyl (C=O) groups excluding carboxylic acids is 1. The molecule has 7 nitrogen and oxygen atoms in total. The van der Waals surface area contributed by atoms with Gasteiger partial charge in [0.1, 0.15) is 12.7 Å². The van der Waals surface area contributed by atoms with E-state index in [4.69, 9.17) is 14.0 Å². The molecule has 0 unspecified atom stereocenters. The van der Waals surface area contributed by atoms with E-state index in [-0.39, 0.29) is 18.4 Å². The van der Waals surface area contributed by atoms with Crippen molar-refractivity contribution in [3.63, 3.8) is 0 Å². The molecule has 4 rings (SSSR count). The molecule has 0 bridgehead atoms. The number of para-hydroxylation sites is 2. The van der Waals surface area contributed by atoms with E-state index in [9.17, 15) is 4.79 Å². The van der Waals surface area contributed by atoms with Crippen molar-refractivity contribution in [1.29, 1.82) is 0 Å². The van der Waals surface area contributed by atoms with Gasteiger partial charge in [0.2, 0.25) is 17.6 Å². The molecule has 0 saturated carbocycles. The Hall–Kier alpha value is -3.35. The Morgan fingerprint density at radius 2 is 1.93 bits per heavy atom. The predicted octanol–water partition coefficient (Wildman–Crippen LogP) is 3.19. The van der Waals surface area contributed by atoms with Crippen molar-refractivity contribution < 1.29 is 18.8 Å². The van der Waals surface area contributed by atoms with Crippen LogP contribution in [0.1, 0.15) is 24.8 Å². The smallest absolute Gasteiger partial charge is 0.227 e. The Morgan fingerprint density at radius 3 is 2.72 bits per heavy atom. The number of carbonyl (C=O) groups is 1. The van der Waals surface area contributed by atoms with Gasteiger partial charge < -0.3 is 19.3 Å². The van der Waals surface area contributed by atoms with Gasteiger partial charge in [0.05, 0.1) is 6.54 Å². The zero-order valence-corrected chi connectivity index (χ0v) is 16.3. The first kappa shape index (κ1) is 19.0. The number of aryl methyl sites for hydroxylation is 2. The fourth-order valence-electron chi connectivity index (χ4n) is 3.06.